The smallest absolute Gasteiger partial charge is 0.251 e. The second kappa shape index (κ2) is 6.10. The Hall–Kier alpha value is -3.13. The van der Waals surface area contributed by atoms with Gasteiger partial charge in [-0.15, -0.1) is 0 Å². The van der Waals surface area contributed by atoms with Gasteiger partial charge in [0, 0.05) is 18.5 Å². The highest BCUT2D eigenvalue weighted by Crippen LogP contribution is 2.10. The predicted octanol–water partition coefficient (Wildman–Crippen LogP) is 2.41. The molecule has 1 aromatic heterocycles. The van der Waals surface area contributed by atoms with E-state index in [-0.39, 0.29) is 5.91 Å². The Morgan fingerprint density at radius 2 is 2.09 bits per heavy atom. The van der Waals surface area contributed by atoms with Gasteiger partial charge in [0.2, 0.25) is 0 Å². The van der Waals surface area contributed by atoms with Crippen molar-refractivity contribution in [3.63, 3.8) is 0 Å². The van der Waals surface area contributed by atoms with Crippen LogP contribution in [0.2, 0.25) is 0 Å². The molecule has 1 heterocycles. The van der Waals surface area contributed by atoms with E-state index in [1.807, 2.05) is 30.3 Å². The molecule has 2 N–H and O–H groups in total. The van der Waals surface area contributed by atoms with Crippen LogP contribution >= 0.6 is 0 Å². The van der Waals surface area contributed by atoms with Crippen LogP contribution in [-0.2, 0) is 6.42 Å². The molecule has 0 aliphatic heterocycles. The molecule has 1 amide bonds. The lowest BCUT2D eigenvalue weighted by Gasteiger charge is -2.04. The molecule has 0 aliphatic rings. The summed E-state index contributed by atoms with van der Waals surface area (Å²) in [5.41, 5.74) is 2.88. The van der Waals surface area contributed by atoms with E-state index in [0.717, 1.165) is 16.9 Å². The second-order valence-electron chi connectivity index (χ2n) is 4.90. The van der Waals surface area contributed by atoms with Crippen LogP contribution < -0.4 is 5.32 Å². The van der Waals surface area contributed by atoms with Crippen LogP contribution in [0.25, 0.3) is 11.0 Å². The third kappa shape index (κ3) is 2.96. The van der Waals surface area contributed by atoms with Crippen molar-refractivity contribution < 1.29 is 4.79 Å². The van der Waals surface area contributed by atoms with E-state index >= 15 is 0 Å². The van der Waals surface area contributed by atoms with Gasteiger partial charge in [-0.3, -0.25) is 4.79 Å². The summed E-state index contributed by atoms with van der Waals surface area (Å²) in [7, 11) is 0. The minimum absolute atomic E-state index is 0.187. The van der Waals surface area contributed by atoms with Gasteiger partial charge >= 0.3 is 0 Å². The highest BCUT2D eigenvalue weighted by Gasteiger charge is 2.07. The third-order valence-electron chi connectivity index (χ3n) is 3.34. The Balaban J connectivity index is 1.60. The first-order valence-corrected chi connectivity index (χ1v) is 6.98. The van der Waals surface area contributed by atoms with Crippen molar-refractivity contribution in [1.29, 1.82) is 5.26 Å². The van der Waals surface area contributed by atoms with Crippen LogP contribution in [0.15, 0.2) is 48.5 Å². The van der Waals surface area contributed by atoms with Crippen molar-refractivity contribution in [1.82, 2.24) is 15.3 Å². The number of hydrogen-bond donors (Lipinski definition) is 2. The molecule has 0 aliphatic carbocycles. The zero-order chi connectivity index (χ0) is 15.4. The molecule has 5 heteroatoms. The molecule has 0 bridgehead atoms. The first-order valence-electron chi connectivity index (χ1n) is 6.98. The highest BCUT2D eigenvalue weighted by molar-refractivity contribution is 5.94. The number of amides is 1. The third-order valence-corrected chi connectivity index (χ3v) is 3.34. The number of rotatable bonds is 4. The molecule has 0 spiro atoms. The molecule has 3 rings (SSSR count). The van der Waals surface area contributed by atoms with Crippen LogP contribution in [0.4, 0.5) is 0 Å². The van der Waals surface area contributed by atoms with Crippen molar-refractivity contribution >= 4 is 16.9 Å². The summed E-state index contributed by atoms with van der Waals surface area (Å²) in [5.74, 6) is 0.653. The molecule has 0 radical (unpaired) electrons. The fraction of sp³-hybridized carbons (Fsp3) is 0.118. The topological polar surface area (TPSA) is 81.6 Å². The van der Waals surface area contributed by atoms with Crippen LogP contribution in [0.5, 0.6) is 0 Å². The maximum Gasteiger partial charge on any atom is 0.251 e. The molecular formula is C17H14N4O. The summed E-state index contributed by atoms with van der Waals surface area (Å²) in [6, 6.07) is 16.5. The molecule has 0 fully saturated rings. The molecule has 0 saturated carbocycles. The molecular weight excluding hydrogens is 276 g/mol. The number of aromatic nitrogens is 2. The van der Waals surface area contributed by atoms with Gasteiger partial charge in [-0.2, -0.15) is 5.26 Å². The number of nitrogens with one attached hydrogen (secondary N) is 2. The normalized spacial score (nSPS) is 10.3. The van der Waals surface area contributed by atoms with Gasteiger partial charge in [0.15, 0.2) is 0 Å². The van der Waals surface area contributed by atoms with Crippen molar-refractivity contribution in [2.24, 2.45) is 0 Å². The quantitative estimate of drug-likeness (QED) is 0.774. The Labute approximate surface area is 127 Å². The summed E-state index contributed by atoms with van der Waals surface area (Å²) < 4.78 is 0. The maximum absolute atomic E-state index is 12.0. The lowest BCUT2D eigenvalue weighted by molar-refractivity contribution is 0.0954. The van der Waals surface area contributed by atoms with Crippen molar-refractivity contribution in [3.05, 3.63) is 65.5 Å². The van der Waals surface area contributed by atoms with Gasteiger partial charge in [-0.05, 0) is 30.3 Å². The maximum atomic E-state index is 12.0. The van der Waals surface area contributed by atoms with E-state index in [1.54, 1.807) is 24.3 Å². The fourth-order valence-electron chi connectivity index (χ4n) is 2.25. The zero-order valence-corrected chi connectivity index (χ0v) is 11.8. The summed E-state index contributed by atoms with van der Waals surface area (Å²) >= 11 is 0. The van der Waals surface area contributed by atoms with Crippen LogP contribution in [0.1, 0.15) is 21.7 Å². The molecule has 108 valence electrons. The number of carbonyl (C=O) groups excluding carboxylic acids is 1. The Morgan fingerprint density at radius 3 is 2.91 bits per heavy atom. The number of fused-ring (bicyclic) bond motifs is 1. The molecule has 0 atom stereocenters. The van der Waals surface area contributed by atoms with Crippen LogP contribution in [0.3, 0.4) is 0 Å². The Morgan fingerprint density at radius 1 is 1.23 bits per heavy atom. The number of carbonyl (C=O) groups is 1. The average molecular weight is 290 g/mol. The average Bonchev–Trinajstić information content (AvgIpc) is 2.97. The molecule has 2 aromatic carbocycles. The first kappa shape index (κ1) is 13.8. The number of para-hydroxylation sites is 2. The summed E-state index contributed by atoms with van der Waals surface area (Å²) in [6.07, 6.45) is 0.623. The van der Waals surface area contributed by atoms with Gasteiger partial charge in [-0.1, -0.05) is 18.2 Å². The predicted molar refractivity (Wildman–Crippen MR) is 83.3 cm³/mol. The number of aromatic amines is 1. The number of nitrogens with zero attached hydrogens (tertiary/aromatic N) is 2. The van der Waals surface area contributed by atoms with E-state index < -0.39 is 0 Å². The van der Waals surface area contributed by atoms with Crippen LogP contribution in [0, 0.1) is 11.3 Å². The van der Waals surface area contributed by atoms with Gasteiger partial charge in [0.25, 0.3) is 5.91 Å². The van der Waals surface area contributed by atoms with E-state index in [0.29, 0.717) is 24.1 Å². The van der Waals surface area contributed by atoms with Crippen molar-refractivity contribution in [3.8, 4) is 6.07 Å². The molecule has 0 unspecified atom stereocenters. The molecule has 3 aromatic rings. The number of nitriles is 1. The highest BCUT2D eigenvalue weighted by atomic mass is 16.1. The number of imidazole rings is 1. The summed E-state index contributed by atoms with van der Waals surface area (Å²) in [4.78, 5) is 19.7. The van der Waals surface area contributed by atoms with Gasteiger partial charge < -0.3 is 10.3 Å². The number of H-pyrrole nitrogens is 1. The lowest BCUT2D eigenvalue weighted by Crippen LogP contribution is -2.25. The van der Waals surface area contributed by atoms with E-state index in [1.165, 1.54) is 0 Å². The van der Waals surface area contributed by atoms with Gasteiger partial charge in [0.05, 0.1) is 22.7 Å². The van der Waals surface area contributed by atoms with E-state index in [4.69, 9.17) is 5.26 Å². The SMILES string of the molecule is N#Cc1cccc(C(=O)NCCc2nc3ccccc3[nH]2)c1. The van der Waals surface area contributed by atoms with Crippen molar-refractivity contribution in [2.45, 2.75) is 6.42 Å². The van der Waals surface area contributed by atoms with E-state index in [2.05, 4.69) is 15.3 Å². The number of benzene rings is 2. The zero-order valence-electron chi connectivity index (χ0n) is 11.8. The first-order chi connectivity index (χ1) is 10.8. The molecule has 0 saturated heterocycles. The standard InChI is InChI=1S/C17H14N4O/c18-11-12-4-3-5-13(10-12)17(22)19-9-8-16-20-14-6-1-2-7-15(14)21-16/h1-7,10H,8-9H2,(H,19,22)(H,20,21). The summed E-state index contributed by atoms with van der Waals surface area (Å²) in [6.45, 7) is 0.482. The largest absolute Gasteiger partial charge is 0.352 e. The van der Waals surface area contributed by atoms with Crippen molar-refractivity contribution in [2.75, 3.05) is 6.54 Å². The minimum Gasteiger partial charge on any atom is -0.352 e. The summed E-state index contributed by atoms with van der Waals surface area (Å²) in [5, 5.41) is 11.7. The van der Waals surface area contributed by atoms with Crippen LogP contribution in [-0.4, -0.2) is 22.4 Å². The van der Waals surface area contributed by atoms with Gasteiger partial charge in [0.1, 0.15) is 5.82 Å². The van der Waals surface area contributed by atoms with Gasteiger partial charge in [-0.25, -0.2) is 4.98 Å². The lowest BCUT2D eigenvalue weighted by atomic mass is 10.1. The van der Waals surface area contributed by atoms with E-state index in [9.17, 15) is 4.79 Å². The Kier molecular flexibility index (Phi) is 3.84. The number of hydrogen-bond acceptors (Lipinski definition) is 3. The fourth-order valence-corrected chi connectivity index (χ4v) is 2.25. The second-order valence-corrected chi connectivity index (χ2v) is 4.90. The molecule has 5 nitrogen and oxygen atoms in total. The Bertz CT molecular complexity index is 827. The monoisotopic (exact) mass is 290 g/mol. The molecule has 22 heavy (non-hydrogen) atoms. The minimum atomic E-state index is -0.187.